The molecule has 1 aliphatic carbocycles. The third-order valence-electron chi connectivity index (χ3n) is 3.91. The predicted octanol–water partition coefficient (Wildman–Crippen LogP) is 3.75. The molecule has 0 amide bonds. The molecule has 1 aromatic carbocycles. The Labute approximate surface area is 117 Å². The minimum Gasteiger partial charge on any atom is -0.381 e. The molecule has 1 N–H and O–H groups in total. The van der Waals surface area contributed by atoms with Gasteiger partial charge in [0, 0.05) is 19.7 Å². The Balaban J connectivity index is 1.92. The van der Waals surface area contributed by atoms with E-state index in [0.717, 1.165) is 31.7 Å². The van der Waals surface area contributed by atoms with Gasteiger partial charge in [-0.15, -0.1) is 0 Å². The Morgan fingerprint density at radius 1 is 1.15 bits per heavy atom. The lowest BCUT2D eigenvalue weighted by atomic mass is 9.92. The average Bonchev–Trinajstić information content (AvgIpc) is 2.45. The summed E-state index contributed by atoms with van der Waals surface area (Å²) in [5.74, 6) is 0. The fourth-order valence-corrected chi connectivity index (χ4v) is 2.71. The molecule has 0 atom stereocenters. The average molecular weight is 287 g/mol. The van der Waals surface area contributed by atoms with Crippen molar-refractivity contribution in [3.63, 3.8) is 0 Å². The molecule has 1 aliphatic rings. The van der Waals surface area contributed by atoms with Gasteiger partial charge in [0.05, 0.1) is 11.7 Å². The molecule has 0 heterocycles. The van der Waals surface area contributed by atoms with E-state index in [0.29, 0.717) is 11.7 Å². The summed E-state index contributed by atoms with van der Waals surface area (Å²) in [6.07, 6.45) is -0.147. The highest BCUT2D eigenvalue weighted by molar-refractivity contribution is 5.29. The van der Waals surface area contributed by atoms with Crippen molar-refractivity contribution in [2.75, 3.05) is 7.11 Å². The van der Waals surface area contributed by atoms with Gasteiger partial charge >= 0.3 is 6.18 Å². The second kappa shape index (κ2) is 6.59. The van der Waals surface area contributed by atoms with Crippen LogP contribution in [-0.4, -0.2) is 19.3 Å². The Morgan fingerprint density at radius 2 is 1.80 bits per heavy atom. The van der Waals surface area contributed by atoms with Gasteiger partial charge in [0.25, 0.3) is 0 Å². The molecule has 0 aliphatic heterocycles. The van der Waals surface area contributed by atoms with Crippen LogP contribution in [0.2, 0.25) is 0 Å². The molecule has 2 rings (SSSR count). The zero-order valence-electron chi connectivity index (χ0n) is 11.5. The monoisotopic (exact) mass is 287 g/mol. The first-order chi connectivity index (χ1) is 9.50. The lowest BCUT2D eigenvalue weighted by Gasteiger charge is -2.28. The molecular formula is C15H20F3NO. The minimum absolute atomic E-state index is 0.262. The second-order valence-electron chi connectivity index (χ2n) is 5.25. The lowest BCUT2D eigenvalue weighted by molar-refractivity contribution is -0.138. The Morgan fingerprint density at radius 3 is 2.40 bits per heavy atom. The van der Waals surface area contributed by atoms with Gasteiger partial charge in [-0.1, -0.05) is 18.2 Å². The molecule has 0 spiro atoms. The SMILES string of the molecule is COC1CCC(NCc2ccccc2C(F)(F)F)CC1. The first-order valence-corrected chi connectivity index (χ1v) is 6.92. The van der Waals surface area contributed by atoms with Gasteiger partial charge in [-0.2, -0.15) is 13.2 Å². The number of methoxy groups -OCH3 is 1. The van der Waals surface area contributed by atoms with Crippen molar-refractivity contribution < 1.29 is 17.9 Å². The summed E-state index contributed by atoms with van der Waals surface area (Å²) in [4.78, 5) is 0. The van der Waals surface area contributed by atoms with Gasteiger partial charge < -0.3 is 10.1 Å². The van der Waals surface area contributed by atoms with Crippen molar-refractivity contribution >= 4 is 0 Å². The maximum absolute atomic E-state index is 12.9. The zero-order valence-corrected chi connectivity index (χ0v) is 11.5. The number of hydrogen-bond acceptors (Lipinski definition) is 2. The maximum Gasteiger partial charge on any atom is 0.416 e. The molecule has 0 saturated heterocycles. The summed E-state index contributed by atoms with van der Waals surface area (Å²) in [7, 11) is 1.71. The normalized spacial score (nSPS) is 23.8. The molecule has 112 valence electrons. The van der Waals surface area contributed by atoms with Crippen LogP contribution in [0.5, 0.6) is 0 Å². The highest BCUT2D eigenvalue weighted by Gasteiger charge is 2.33. The van der Waals surface area contributed by atoms with E-state index in [-0.39, 0.29) is 12.6 Å². The number of nitrogens with one attached hydrogen (secondary N) is 1. The first-order valence-electron chi connectivity index (χ1n) is 6.92. The molecule has 20 heavy (non-hydrogen) atoms. The maximum atomic E-state index is 12.9. The highest BCUT2D eigenvalue weighted by atomic mass is 19.4. The van der Waals surface area contributed by atoms with E-state index in [1.165, 1.54) is 12.1 Å². The molecule has 1 saturated carbocycles. The second-order valence-corrected chi connectivity index (χ2v) is 5.25. The number of benzene rings is 1. The number of ether oxygens (including phenoxy) is 1. The molecule has 0 aromatic heterocycles. The summed E-state index contributed by atoms with van der Waals surface area (Å²) < 4.78 is 43.9. The van der Waals surface area contributed by atoms with E-state index in [9.17, 15) is 13.2 Å². The summed E-state index contributed by atoms with van der Waals surface area (Å²) >= 11 is 0. The Bertz CT molecular complexity index is 425. The van der Waals surface area contributed by atoms with Crippen molar-refractivity contribution in [1.82, 2.24) is 5.32 Å². The number of halogens is 3. The van der Waals surface area contributed by atoms with Gasteiger partial charge in [0.2, 0.25) is 0 Å². The summed E-state index contributed by atoms with van der Waals surface area (Å²) in [5, 5.41) is 3.24. The number of rotatable bonds is 4. The zero-order chi connectivity index (χ0) is 14.6. The smallest absolute Gasteiger partial charge is 0.381 e. The van der Waals surface area contributed by atoms with Crippen molar-refractivity contribution in [2.45, 2.75) is 50.6 Å². The van der Waals surface area contributed by atoms with Crippen molar-refractivity contribution in [2.24, 2.45) is 0 Å². The minimum atomic E-state index is -4.29. The molecule has 5 heteroatoms. The fourth-order valence-electron chi connectivity index (χ4n) is 2.71. The van der Waals surface area contributed by atoms with E-state index in [1.807, 2.05) is 0 Å². The van der Waals surface area contributed by atoms with Crippen molar-refractivity contribution in [1.29, 1.82) is 0 Å². The summed E-state index contributed by atoms with van der Waals surface area (Å²) in [6.45, 7) is 0.262. The van der Waals surface area contributed by atoms with Crippen LogP contribution in [0.25, 0.3) is 0 Å². The van der Waals surface area contributed by atoms with Crippen LogP contribution in [-0.2, 0) is 17.5 Å². The lowest BCUT2D eigenvalue weighted by Crippen LogP contribution is -2.35. The Kier molecular flexibility index (Phi) is 5.05. The van der Waals surface area contributed by atoms with Gasteiger partial charge in [0.1, 0.15) is 0 Å². The molecule has 0 unspecified atom stereocenters. The first kappa shape index (κ1) is 15.3. The van der Waals surface area contributed by atoms with Crippen LogP contribution >= 0.6 is 0 Å². The van der Waals surface area contributed by atoms with Gasteiger partial charge in [-0.3, -0.25) is 0 Å². The van der Waals surface area contributed by atoms with Crippen LogP contribution in [0.3, 0.4) is 0 Å². The van der Waals surface area contributed by atoms with Crippen LogP contribution < -0.4 is 5.32 Å². The van der Waals surface area contributed by atoms with E-state index in [4.69, 9.17) is 4.74 Å². The molecule has 0 radical (unpaired) electrons. The molecule has 2 nitrogen and oxygen atoms in total. The van der Waals surface area contributed by atoms with Gasteiger partial charge in [0.15, 0.2) is 0 Å². The number of alkyl halides is 3. The number of hydrogen-bond donors (Lipinski definition) is 1. The van der Waals surface area contributed by atoms with Crippen molar-refractivity contribution in [3.05, 3.63) is 35.4 Å². The third-order valence-corrected chi connectivity index (χ3v) is 3.91. The van der Waals surface area contributed by atoms with Crippen LogP contribution in [0.1, 0.15) is 36.8 Å². The topological polar surface area (TPSA) is 21.3 Å². The van der Waals surface area contributed by atoms with E-state index in [2.05, 4.69) is 5.32 Å². The molecular weight excluding hydrogens is 267 g/mol. The third kappa shape index (κ3) is 3.96. The van der Waals surface area contributed by atoms with Gasteiger partial charge in [-0.05, 0) is 37.3 Å². The van der Waals surface area contributed by atoms with E-state index >= 15 is 0 Å². The van der Waals surface area contributed by atoms with E-state index in [1.54, 1.807) is 13.2 Å². The summed E-state index contributed by atoms with van der Waals surface area (Å²) in [6, 6.07) is 6.03. The van der Waals surface area contributed by atoms with Gasteiger partial charge in [-0.25, -0.2) is 0 Å². The van der Waals surface area contributed by atoms with E-state index < -0.39 is 11.7 Å². The largest absolute Gasteiger partial charge is 0.416 e. The highest BCUT2D eigenvalue weighted by Crippen LogP contribution is 2.32. The summed E-state index contributed by atoms with van der Waals surface area (Å²) in [5.41, 5.74) is -0.230. The molecule has 1 fully saturated rings. The van der Waals surface area contributed by atoms with Crippen LogP contribution in [0, 0.1) is 0 Å². The quantitative estimate of drug-likeness (QED) is 0.910. The molecule has 1 aromatic rings. The predicted molar refractivity (Wildman–Crippen MR) is 71.3 cm³/mol. The Hall–Kier alpha value is -1.07. The molecule has 0 bridgehead atoms. The van der Waals surface area contributed by atoms with Crippen LogP contribution in [0.4, 0.5) is 13.2 Å². The fraction of sp³-hybridized carbons (Fsp3) is 0.600. The van der Waals surface area contributed by atoms with Crippen LogP contribution in [0.15, 0.2) is 24.3 Å². The van der Waals surface area contributed by atoms with Crippen molar-refractivity contribution in [3.8, 4) is 0 Å². The standard InChI is InChI=1S/C15H20F3NO/c1-20-13-8-6-12(7-9-13)19-10-11-4-2-3-5-14(11)15(16,17)18/h2-5,12-13,19H,6-10H2,1H3.